The van der Waals surface area contributed by atoms with Crippen molar-refractivity contribution in [1.29, 1.82) is 0 Å². The van der Waals surface area contributed by atoms with E-state index in [0.29, 0.717) is 5.02 Å². The zero-order valence-corrected chi connectivity index (χ0v) is 11.6. The van der Waals surface area contributed by atoms with Gasteiger partial charge in [0.2, 0.25) is 0 Å². The summed E-state index contributed by atoms with van der Waals surface area (Å²) in [5.74, 6) is -0.801. The first-order valence-electron chi connectivity index (χ1n) is 5.12. The molecule has 1 unspecified atom stereocenters. The van der Waals surface area contributed by atoms with Crippen LogP contribution < -0.4 is 0 Å². The average Bonchev–Trinajstić information content (AvgIpc) is 2.28. The second kappa shape index (κ2) is 6.77. The van der Waals surface area contributed by atoms with Crippen molar-refractivity contribution in [2.75, 3.05) is 6.61 Å². The molecule has 0 fully saturated rings. The third kappa shape index (κ3) is 4.48. The highest BCUT2D eigenvalue weighted by atomic mass is 79.9. The number of hydrogen-bond donors (Lipinski definition) is 0. The molecule has 0 bridgehead atoms. The van der Waals surface area contributed by atoms with E-state index < -0.39 is 10.8 Å². The van der Waals surface area contributed by atoms with Gasteiger partial charge >= 0.3 is 5.97 Å². The first-order chi connectivity index (χ1) is 8.04. The Labute approximate surface area is 113 Å². The van der Waals surface area contributed by atoms with Crippen LogP contribution in [0.3, 0.4) is 0 Å². The van der Waals surface area contributed by atoms with Crippen LogP contribution in [-0.2, 0) is 20.7 Å². The van der Waals surface area contributed by atoms with Gasteiger partial charge in [-0.15, -0.1) is 0 Å². The van der Waals surface area contributed by atoms with Gasteiger partial charge in [0.25, 0.3) is 0 Å². The molecule has 0 N–H and O–H groups in total. The molecule has 0 spiro atoms. The number of carbonyl (C=O) groups is 2. The van der Waals surface area contributed by atoms with Crippen molar-refractivity contribution in [3.8, 4) is 0 Å². The van der Waals surface area contributed by atoms with E-state index in [2.05, 4.69) is 15.9 Å². The molecular formula is C12H12BrClO3. The maximum Gasteiger partial charge on any atom is 0.327 e. The van der Waals surface area contributed by atoms with Crippen LogP contribution >= 0.6 is 27.5 Å². The fraction of sp³-hybridized carbons (Fsp3) is 0.333. The van der Waals surface area contributed by atoms with E-state index in [1.165, 1.54) is 0 Å². The fourth-order valence-corrected chi connectivity index (χ4v) is 1.79. The molecule has 0 saturated carbocycles. The second-order valence-corrected chi connectivity index (χ2v) is 4.74. The van der Waals surface area contributed by atoms with Gasteiger partial charge in [-0.1, -0.05) is 39.7 Å². The minimum absolute atomic E-state index is 0.148. The first kappa shape index (κ1) is 14.2. The quantitative estimate of drug-likeness (QED) is 0.476. The molecule has 0 aliphatic rings. The van der Waals surface area contributed by atoms with Gasteiger partial charge in [-0.25, -0.2) is 0 Å². The van der Waals surface area contributed by atoms with Crippen LogP contribution in [0.15, 0.2) is 24.3 Å². The van der Waals surface area contributed by atoms with Crippen molar-refractivity contribution < 1.29 is 14.3 Å². The molecule has 1 aromatic rings. The van der Waals surface area contributed by atoms with E-state index in [4.69, 9.17) is 16.3 Å². The fourth-order valence-electron chi connectivity index (χ4n) is 1.28. The van der Waals surface area contributed by atoms with E-state index in [1.54, 1.807) is 31.2 Å². The van der Waals surface area contributed by atoms with E-state index >= 15 is 0 Å². The molecule has 0 aromatic heterocycles. The summed E-state index contributed by atoms with van der Waals surface area (Å²) < 4.78 is 4.75. The summed E-state index contributed by atoms with van der Waals surface area (Å²) in [6, 6.07) is 6.98. The SMILES string of the molecule is CCOC(=O)C(Br)C(=O)Cc1cccc(Cl)c1. The number of hydrogen-bond acceptors (Lipinski definition) is 3. The number of Topliss-reactive ketones (excluding diaryl/α,β-unsaturated/α-hetero) is 1. The molecule has 3 nitrogen and oxygen atoms in total. The lowest BCUT2D eigenvalue weighted by Gasteiger charge is -2.08. The maximum atomic E-state index is 11.7. The van der Waals surface area contributed by atoms with E-state index in [1.807, 2.05) is 0 Å². The Kier molecular flexibility index (Phi) is 5.65. The number of rotatable bonds is 5. The van der Waals surface area contributed by atoms with Crippen LogP contribution in [0.1, 0.15) is 12.5 Å². The molecule has 5 heteroatoms. The number of alkyl halides is 1. The van der Waals surface area contributed by atoms with Gasteiger partial charge in [0.05, 0.1) is 6.61 Å². The van der Waals surface area contributed by atoms with Crippen molar-refractivity contribution >= 4 is 39.3 Å². The van der Waals surface area contributed by atoms with Crippen LogP contribution in [0, 0.1) is 0 Å². The van der Waals surface area contributed by atoms with Gasteiger partial charge in [0, 0.05) is 11.4 Å². The van der Waals surface area contributed by atoms with E-state index in [-0.39, 0.29) is 18.8 Å². The van der Waals surface area contributed by atoms with Gasteiger partial charge < -0.3 is 4.74 Å². The third-order valence-electron chi connectivity index (χ3n) is 2.04. The number of ether oxygens (including phenoxy) is 1. The smallest absolute Gasteiger partial charge is 0.327 e. The first-order valence-corrected chi connectivity index (χ1v) is 6.41. The van der Waals surface area contributed by atoms with E-state index in [0.717, 1.165) is 5.56 Å². The molecule has 0 aliphatic heterocycles. The van der Waals surface area contributed by atoms with Gasteiger partial charge in [0.1, 0.15) is 0 Å². The standard InChI is InChI=1S/C12H12BrClO3/c1-2-17-12(16)11(13)10(15)7-8-4-3-5-9(14)6-8/h3-6,11H,2,7H2,1H3. The number of halogens is 2. The molecular weight excluding hydrogens is 307 g/mol. The van der Waals surface area contributed by atoms with Gasteiger partial charge in [-0.05, 0) is 24.6 Å². The van der Waals surface area contributed by atoms with Crippen LogP contribution in [-0.4, -0.2) is 23.2 Å². The second-order valence-electron chi connectivity index (χ2n) is 3.39. The highest BCUT2D eigenvalue weighted by molar-refractivity contribution is 9.10. The Hall–Kier alpha value is -0.870. The number of ketones is 1. The Morgan fingerprint density at radius 1 is 1.47 bits per heavy atom. The summed E-state index contributed by atoms with van der Waals surface area (Å²) in [7, 11) is 0. The largest absolute Gasteiger partial charge is 0.465 e. The predicted octanol–water partition coefficient (Wildman–Crippen LogP) is 2.78. The summed E-state index contributed by atoms with van der Waals surface area (Å²) >= 11 is 8.83. The summed E-state index contributed by atoms with van der Waals surface area (Å²) in [5.41, 5.74) is 0.774. The molecule has 0 radical (unpaired) electrons. The van der Waals surface area contributed by atoms with E-state index in [9.17, 15) is 9.59 Å². The molecule has 17 heavy (non-hydrogen) atoms. The van der Waals surface area contributed by atoms with Crippen molar-refractivity contribution in [2.45, 2.75) is 18.2 Å². The summed E-state index contributed by atoms with van der Waals surface area (Å²) in [5, 5.41) is 0.567. The van der Waals surface area contributed by atoms with Crippen LogP contribution in [0.5, 0.6) is 0 Å². The summed E-state index contributed by atoms with van der Waals surface area (Å²) in [6.45, 7) is 1.95. The number of esters is 1. The van der Waals surface area contributed by atoms with Crippen molar-refractivity contribution in [1.82, 2.24) is 0 Å². The predicted molar refractivity (Wildman–Crippen MR) is 69.5 cm³/mol. The van der Waals surface area contributed by atoms with Crippen LogP contribution in [0.2, 0.25) is 5.02 Å². The zero-order valence-electron chi connectivity index (χ0n) is 9.28. The molecule has 1 atom stereocenters. The molecule has 0 heterocycles. The van der Waals surface area contributed by atoms with Gasteiger partial charge in [-0.2, -0.15) is 0 Å². The number of benzene rings is 1. The lowest BCUT2D eigenvalue weighted by Crippen LogP contribution is -2.27. The lowest BCUT2D eigenvalue weighted by atomic mass is 10.1. The molecule has 0 aliphatic carbocycles. The van der Waals surface area contributed by atoms with Crippen molar-refractivity contribution in [2.24, 2.45) is 0 Å². The monoisotopic (exact) mass is 318 g/mol. The molecule has 0 amide bonds. The molecule has 0 saturated heterocycles. The summed E-state index contributed by atoms with van der Waals surface area (Å²) in [6.07, 6.45) is 0.148. The Morgan fingerprint density at radius 3 is 2.76 bits per heavy atom. The lowest BCUT2D eigenvalue weighted by molar-refractivity contribution is -0.144. The Balaban J connectivity index is 2.63. The minimum Gasteiger partial charge on any atom is -0.465 e. The van der Waals surface area contributed by atoms with Crippen LogP contribution in [0.25, 0.3) is 0 Å². The average molecular weight is 320 g/mol. The zero-order chi connectivity index (χ0) is 12.8. The molecule has 1 rings (SSSR count). The molecule has 92 valence electrons. The molecule has 1 aromatic carbocycles. The normalized spacial score (nSPS) is 11.9. The highest BCUT2D eigenvalue weighted by Crippen LogP contribution is 2.14. The topological polar surface area (TPSA) is 43.4 Å². The van der Waals surface area contributed by atoms with Gasteiger partial charge in [0.15, 0.2) is 10.6 Å². The van der Waals surface area contributed by atoms with Crippen LogP contribution in [0.4, 0.5) is 0 Å². The minimum atomic E-state index is -0.915. The third-order valence-corrected chi connectivity index (χ3v) is 3.16. The highest BCUT2D eigenvalue weighted by Gasteiger charge is 2.24. The Bertz CT molecular complexity index is 420. The Morgan fingerprint density at radius 2 is 2.18 bits per heavy atom. The number of carbonyl (C=O) groups excluding carboxylic acids is 2. The maximum absolute atomic E-state index is 11.7. The van der Waals surface area contributed by atoms with Gasteiger partial charge in [-0.3, -0.25) is 9.59 Å². The van der Waals surface area contributed by atoms with Crippen molar-refractivity contribution in [3.63, 3.8) is 0 Å². The van der Waals surface area contributed by atoms with Crippen molar-refractivity contribution in [3.05, 3.63) is 34.9 Å². The summed E-state index contributed by atoms with van der Waals surface area (Å²) in [4.78, 5) is 22.2.